The summed E-state index contributed by atoms with van der Waals surface area (Å²) in [7, 11) is 1.30. The topological polar surface area (TPSA) is 29.5 Å². The van der Waals surface area contributed by atoms with E-state index in [0.717, 1.165) is 12.1 Å². The molecule has 2 aromatic carbocycles. The van der Waals surface area contributed by atoms with Crippen molar-refractivity contribution in [2.75, 3.05) is 7.11 Å². The molecule has 0 fully saturated rings. The molecule has 0 bridgehead atoms. The van der Waals surface area contributed by atoms with Crippen LogP contribution in [0.3, 0.4) is 0 Å². The predicted molar refractivity (Wildman–Crippen MR) is 63.4 cm³/mol. The van der Waals surface area contributed by atoms with E-state index in [1.807, 2.05) is 0 Å². The van der Waals surface area contributed by atoms with E-state index >= 15 is 0 Å². The molecule has 1 unspecified atom stereocenters. The van der Waals surface area contributed by atoms with Crippen molar-refractivity contribution in [3.63, 3.8) is 0 Å². The molecule has 0 spiro atoms. The van der Waals surface area contributed by atoms with Crippen LogP contribution in [-0.2, 0) is 0 Å². The summed E-state index contributed by atoms with van der Waals surface area (Å²) in [4.78, 5) is 0. The Hall–Kier alpha value is -2.01. The van der Waals surface area contributed by atoms with E-state index in [0.29, 0.717) is 0 Å². The highest BCUT2D eigenvalue weighted by Gasteiger charge is 2.19. The molecule has 0 amide bonds. The molecule has 1 N–H and O–H groups in total. The lowest BCUT2D eigenvalue weighted by Gasteiger charge is -2.14. The van der Waals surface area contributed by atoms with Gasteiger partial charge in [-0.1, -0.05) is 18.2 Å². The van der Waals surface area contributed by atoms with Gasteiger partial charge in [0, 0.05) is 5.56 Å². The van der Waals surface area contributed by atoms with E-state index in [1.165, 1.54) is 31.4 Å². The molecule has 0 saturated heterocycles. The molecular formula is C14H11F3O2. The number of rotatable bonds is 3. The second-order valence-corrected chi connectivity index (χ2v) is 3.94. The van der Waals surface area contributed by atoms with Crippen LogP contribution in [0.4, 0.5) is 13.2 Å². The van der Waals surface area contributed by atoms with Gasteiger partial charge >= 0.3 is 0 Å². The summed E-state index contributed by atoms with van der Waals surface area (Å²) in [5.41, 5.74) is -0.00332. The zero-order valence-electron chi connectivity index (χ0n) is 10.0. The van der Waals surface area contributed by atoms with Gasteiger partial charge in [0.1, 0.15) is 6.10 Å². The fourth-order valence-electron chi connectivity index (χ4n) is 1.76. The quantitative estimate of drug-likeness (QED) is 0.926. The first kappa shape index (κ1) is 13.4. The highest BCUT2D eigenvalue weighted by molar-refractivity contribution is 5.37. The van der Waals surface area contributed by atoms with Gasteiger partial charge in [0.05, 0.1) is 7.11 Å². The van der Waals surface area contributed by atoms with Gasteiger partial charge in [0.15, 0.2) is 23.2 Å². The number of aliphatic hydroxyl groups excluding tert-OH is 1. The van der Waals surface area contributed by atoms with Crippen LogP contribution in [0.1, 0.15) is 17.2 Å². The van der Waals surface area contributed by atoms with Gasteiger partial charge in [-0.3, -0.25) is 0 Å². The molecule has 0 heterocycles. The Bertz CT molecular complexity index is 599. The first-order valence-electron chi connectivity index (χ1n) is 5.50. The van der Waals surface area contributed by atoms with Crippen molar-refractivity contribution in [1.82, 2.24) is 0 Å². The molecule has 0 aliphatic carbocycles. The van der Waals surface area contributed by atoms with Crippen LogP contribution in [0.15, 0.2) is 36.4 Å². The van der Waals surface area contributed by atoms with E-state index in [2.05, 4.69) is 0 Å². The predicted octanol–water partition coefficient (Wildman–Crippen LogP) is 3.19. The van der Waals surface area contributed by atoms with Crippen molar-refractivity contribution in [2.24, 2.45) is 0 Å². The smallest absolute Gasteiger partial charge is 0.171 e. The molecule has 0 saturated carbocycles. The Labute approximate surface area is 108 Å². The van der Waals surface area contributed by atoms with E-state index in [1.54, 1.807) is 0 Å². The zero-order valence-corrected chi connectivity index (χ0v) is 10.0. The standard InChI is InChI=1S/C14H11F3O2/c1-19-12-4-2-3-9(13(12)17)14(18)8-5-6-10(15)11(16)7-8/h2-7,14,18H,1H3. The summed E-state index contributed by atoms with van der Waals surface area (Å²) >= 11 is 0. The number of halogens is 3. The second-order valence-electron chi connectivity index (χ2n) is 3.94. The lowest BCUT2D eigenvalue weighted by Crippen LogP contribution is -2.05. The molecule has 2 rings (SSSR count). The molecule has 19 heavy (non-hydrogen) atoms. The van der Waals surface area contributed by atoms with Crippen molar-refractivity contribution in [2.45, 2.75) is 6.10 Å². The van der Waals surface area contributed by atoms with Crippen LogP contribution >= 0.6 is 0 Å². The van der Waals surface area contributed by atoms with E-state index in [4.69, 9.17) is 4.74 Å². The second kappa shape index (κ2) is 5.32. The third-order valence-corrected chi connectivity index (χ3v) is 2.77. The fraction of sp³-hybridized carbons (Fsp3) is 0.143. The highest BCUT2D eigenvalue weighted by Crippen LogP contribution is 2.29. The van der Waals surface area contributed by atoms with E-state index in [-0.39, 0.29) is 16.9 Å². The van der Waals surface area contributed by atoms with Crippen molar-refractivity contribution >= 4 is 0 Å². The number of ether oxygens (including phenoxy) is 1. The summed E-state index contributed by atoms with van der Waals surface area (Å²) in [6.45, 7) is 0. The largest absolute Gasteiger partial charge is 0.494 e. The number of hydrogen-bond acceptors (Lipinski definition) is 2. The first-order valence-corrected chi connectivity index (χ1v) is 5.50. The summed E-state index contributed by atoms with van der Waals surface area (Å²) in [5.74, 6) is -2.89. The minimum atomic E-state index is -1.40. The van der Waals surface area contributed by atoms with Gasteiger partial charge in [-0.25, -0.2) is 13.2 Å². The SMILES string of the molecule is COc1cccc(C(O)c2ccc(F)c(F)c2)c1F. The number of aliphatic hydroxyl groups is 1. The summed E-state index contributed by atoms with van der Waals surface area (Å²) in [5, 5.41) is 10.0. The maximum atomic E-state index is 13.9. The first-order chi connectivity index (χ1) is 9.04. The van der Waals surface area contributed by atoms with Crippen molar-refractivity contribution in [1.29, 1.82) is 0 Å². The minimum Gasteiger partial charge on any atom is -0.494 e. The Kier molecular flexibility index (Phi) is 3.76. The third kappa shape index (κ3) is 2.56. The Morgan fingerprint density at radius 1 is 1.05 bits per heavy atom. The molecule has 5 heteroatoms. The average molecular weight is 268 g/mol. The fourth-order valence-corrected chi connectivity index (χ4v) is 1.76. The molecule has 2 aromatic rings. The molecule has 0 radical (unpaired) electrons. The number of benzene rings is 2. The molecule has 0 aromatic heterocycles. The molecule has 2 nitrogen and oxygen atoms in total. The van der Waals surface area contributed by atoms with Gasteiger partial charge in [-0.2, -0.15) is 0 Å². The van der Waals surface area contributed by atoms with Crippen LogP contribution < -0.4 is 4.74 Å². The maximum Gasteiger partial charge on any atom is 0.171 e. The van der Waals surface area contributed by atoms with E-state index < -0.39 is 23.6 Å². The zero-order chi connectivity index (χ0) is 14.0. The third-order valence-electron chi connectivity index (χ3n) is 2.77. The minimum absolute atomic E-state index is 0.0286. The molecule has 1 atom stereocenters. The van der Waals surface area contributed by atoms with Gasteiger partial charge < -0.3 is 9.84 Å². The number of methoxy groups -OCH3 is 1. The van der Waals surface area contributed by atoms with Gasteiger partial charge in [0.2, 0.25) is 0 Å². The van der Waals surface area contributed by atoms with Crippen LogP contribution in [0.2, 0.25) is 0 Å². The van der Waals surface area contributed by atoms with Crippen molar-refractivity contribution in [3.05, 3.63) is 65.0 Å². The summed E-state index contributed by atoms with van der Waals surface area (Å²) in [6, 6.07) is 7.16. The van der Waals surface area contributed by atoms with Gasteiger partial charge in [-0.15, -0.1) is 0 Å². The van der Waals surface area contributed by atoms with Gasteiger partial charge in [0.25, 0.3) is 0 Å². The van der Waals surface area contributed by atoms with Crippen LogP contribution in [0, 0.1) is 17.5 Å². The Balaban J connectivity index is 2.43. The van der Waals surface area contributed by atoms with Crippen LogP contribution in [-0.4, -0.2) is 12.2 Å². The Morgan fingerprint density at radius 2 is 1.79 bits per heavy atom. The lowest BCUT2D eigenvalue weighted by molar-refractivity contribution is 0.212. The average Bonchev–Trinajstić information content (AvgIpc) is 2.41. The highest BCUT2D eigenvalue weighted by atomic mass is 19.2. The summed E-state index contributed by atoms with van der Waals surface area (Å²) in [6.07, 6.45) is -1.40. The molecule has 0 aliphatic heterocycles. The van der Waals surface area contributed by atoms with E-state index in [9.17, 15) is 18.3 Å². The molecular weight excluding hydrogens is 257 g/mol. The van der Waals surface area contributed by atoms with Crippen molar-refractivity contribution in [3.8, 4) is 5.75 Å². The summed E-state index contributed by atoms with van der Waals surface area (Å²) < 4.78 is 44.6. The normalized spacial score (nSPS) is 12.3. The van der Waals surface area contributed by atoms with Crippen molar-refractivity contribution < 1.29 is 23.0 Å². The monoisotopic (exact) mass is 268 g/mol. The molecule has 100 valence electrons. The van der Waals surface area contributed by atoms with Crippen LogP contribution in [0.5, 0.6) is 5.75 Å². The lowest BCUT2D eigenvalue weighted by atomic mass is 10.0. The van der Waals surface area contributed by atoms with Gasteiger partial charge in [-0.05, 0) is 23.8 Å². The maximum absolute atomic E-state index is 13.9. The molecule has 0 aliphatic rings. The Morgan fingerprint density at radius 3 is 2.42 bits per heavy atom. The van der Waals surface area contributed by atoms with Crippen LogP contribution in [0.25, 0.3) is 0 Å². The number of hydrogen-bond donors (Lipinski definition) is 1.